The first-order chi connectivity index (χ1) is 15.1. The van der Waals surface area contributed by atoms with E-state index in [4.69, 9.17) is 9.97 Å². The van der Waals surface area contributed by atoms with E-state index in [-0.39, 0.29) is 5.41 Å². The predicted molar refractivity (Wildman–Crippen MR) is 130 cm³/mol. The van der Waals surface area contributed by atoms with Crippen LogP contribution in [0.3, 0.4) is 0 Å². The van der Waals surface area contributed by atoms with Crippen LogP contribution in [0.2, 0.25) is 0 Å². The number of benzene rings is 2. The highest BCUT2D eigenvalue weighted by atomic mass is 14.8. The lowest BCUT2D eigenvalue weighted by molar-refractivity contribution is 0.657. The van der Waals surface area contributed by atoms with Crippen molar-refractivity contribution in [3.63, 3.8) is 0 Å². The third-order valence-electron chi connectivity index (χ3n) is 5.92. The molecule has 0 unspecified atom stereocenters. The number of hydrogen-bond donors (Lipinski definition) is 0. The van der Waals surface area contributed by atoms with Crippen molar-refractivity contribution in [1.82, 2.24) is 9.97 Å². The Hall–Kier alpha value is -3.78. The second-order valence-electron chi connectivity index (χ2n) is 8.44. The molecule has 2 heteroatoms. The first-order valence-corrected chi connectivity index (χ1v) is 10.6. The van der Waals surface area contributed by atoms with Crippen LogP contribution in [0.4, 0.5) is 0 Å². The molecule has 0 amide bonds. The third-order valence-corrected chi connectivity index (χ3v) is 5.92. The van der Waals surface area contributed by atoms with Gasteiger partial charge in [0.25, 0.3) is 0 Å². The Morgan fingerprint density at radius 3 is 1.35 bits per heavy atom. The first-order valence-electron chi connectivity index (χ1n) is 10.6. The fourth-order valence-electron chi connectivity index (χ4n) is 4.13. The Balaban J connectivity index is 1.47. The van der Waals surface area contributed by atoms with E-state index < -0.39 is 0 Å². The van der Waals surface area contributed by atoms with Crippen LogP contribution in [0.5, 0.6) is 0 Å². The summed E-state index contributed by atoms with van der Waals surface area (Å²) >= 11 is 0. The van der Waals surface area contributed by atoms with Crippen molar-refractivity contribution in [3.05, 3.63) is 119 Å². The second kappa shape index (κ2) is 7.81. The fourth-order valence-corrected chi connectivity index (χ4v) is 4.13. The van der Waals surface area contributed by atoms with Crippen molar-refractivity contribution in [2.75, 3.05) is 0 Å². The minimum Gasteiger partial charge on any atom is -0.254 e. The van der Waals surface area contributed by atoms with Crippen LogP contribution in [0, 0.1) is 0 Å². The van der Waals surface area contributed by atoms with Crippen LogP contribution in [-0.2, 0) is 5.41 Å². The summed E-state index contributed by atoms with van der Waals surface area (Å²) < 4.78 is 0. The monoisotopic (exact) mass is 400 g/mol. The molecule has 0 saturated heterocycles. The van der Waals surface area contributed by atoms with Gasteiger partial charge in [-0.05, 0) is 45.5 Å². The van der Waals surface area contributed by atoms with E-state index in [1.54, 1.807) is 0 Å². The zero-order valence-electron chi connectivity index (χ0n) is 17.8. The average Bonchev–Trinajstić information content (AvgIpc) is 3.04. The highest BCUT2D eigenvalue weighted by Gasteiger charge is 2.37. The lowest BCUT2D eigenvalue weighted by Crippen LogP contribution is -2.15. The van der Waals surface area contributed by atoms with Crippen LogP contribution in [-0.4, -0.2) is 9.97 Å². The molecule has 0 aliphatic heterocycles. The Morgan fingerprint density at radius 2 is 0.935 bits per heavy atom. The Kier molecular flexibility index (Phi) is 4.83. The maximum Gasteiger partial charge on any atom is 0.0930 e. The molecule has 2 aromatic heterocycles. The van der Waals surface area contributed by atoms with Gasteiger partial charge in [-0.15, -0.1) is 0 Å². The van der Waals surface area contributed by atoms with Crippen LogP contribution in [0.15, 0.2) is 85.2 Å². The molecule has 0 atom stereocenters. The molecule has 5 rings (SSSR count). The fraction of sp³-hybridized carbons (Fsp3) is 0.103. The average molecular weight is 401 g/mol. The molecule has 0 radical (unpaired) electrons. The molecule has 2 aromatic carbocycles. The van der Waals surface area contributed by atoms with Crippen LogP contribution < -0.4 is 0 Å². The van der Waals surface area contributed by atoms with Crippen molar-refractivity contribution in [2.45, 2.75) is 19.3 Å². The second-order valence-corrected chi connectivity index (χ2v) is 8.44. The summed E-state index contributed by atoms with van der Waals surface area (Å²) in [5.74, 6) is 0. The molecule has 0 bridgehead atoms. The van der Waals surface area contributed by atoms with Gasteiger partial charge >= 0.3 is 0 Å². The van der Waals surface area contributed by atoms with E-state index in [1.807, 2.05) is 24.5 Å². The minimum absolute atomic E-state index is 0.141. The summed E-state index contributed by atoms with van der Waals surface area (Å²) in [5.41, 5.74) is 8.89. The van der Waals surface area contributed by atoms with Crippen molar-refractivity contribution in [2.24, 2.45) is 0 Å². The van der Waals surface area contributed by atoms with Gasteiger partial charge in [0, 0.05) is 17.8 Å². The van der Waals surface area contributed by atoms with Gasteiger partial charge in [-0.3, -0.25) is 9.97 Å². The number of rotatable bonds is 4. The van der Waals surface area contributed by atoms with Crippen molar-refractivity contribution in [3.8, 4) is 11.4 Å². The standard InChI is InChI=1S/C29H24N2/c1-29(2)25-17-23(15-13-21-9-5-3-6-10-21)19-30-27(25)28-26(29)18-24(20-31-28)16-14-22-11-7-4-8-12-22/h3-20H,1-2H3/b15-13+,16-14+. The smallest absolute Gasteiger partial charge is 0.0930 e. The van der Waals surface area contributed by atoms with E-state index in [0.717, 1.165) is 22.5 Å². The summed E-state index contributed by atoms with van der Waals surface area (Å²) in [6, 6.07) is 25.2. The zero-order valence-corrected chi connectivity index (χ0v) is 17.8. The summed E-state index contributed by atoms with van der Waals surface area (Å²) in [7, 11) is 0. The largest absolute Gasteiger partial charge is 0.254 e. The number of hydrogen-bond acceptors (Lipinski definition) is 2. The van der Waals surface area contributed by atoms with E-state index in [1.165, 1.54) is 22.3 Å². The van der Waals surface area contributed by atoms with Gasteiger partial charge in [-0.1, -0.05) is 98.8 Å². The summed E-state index contributed by atoms with van der Waals surface area (Å²) in [4.78, 5) is 9.60. The van der Waals surface area contributed by atoms with E-state index in [9.17, 15) is 0 Å². The third kappa shape index (κ3) is 3.73. The van der Waals surface area contributed by atoms with Gasteiger partial charge in [0.1, 0.15) is 0 Å². The number of nitrogens with zero attached hydrogens (tertiary/aromatic N) is 2. The molecule has 0 saturated carbocycles. The molecule has 31 heavy (non-hydrogen) atoms. The van der Waals surface area contributed by atoms with Gasteiger partial charge in [0.05, 0.1) is 11.4 Å². The Morgan fingerprint density at radius 1 is 0.548 bits per heavy atom. The highest BCUT2D eigenvalue weighted by molar-refractivity contribution is 5.79. The molecule has 4 aromatic rings. The molecular weight excluding hydrogens is 376 g/mol. The number of pyridine rings is 2. The summed E-state index contributed by atoms with van der Waals surface area (Å²) in [5, 5.41) is 0. The van der Waals surface area contributed by atoms with E-state index in [0.29, 0.717) is 0 Å². The van der Waals surface area contributed by atoms with Crippen molar-refractivity contribution < 1.29 is 0 Å². The maximum atomic E-state index is 4.80. The maximum absolute atomic E-state index is 4.80. The first kappa shape index (κ1) is 19.2. The summed E-state index contributed by atoms with van der Waals surface area (Å²) in [6.45, 7) is 4.52. The number of fused-ring (bicyclic) bond motifs is 3. The lowest BCUT2D eigenvalue weighted by Gasteiger charge is -2.21. The molecule has 0 spiro atoms. The van der Waals surface area contributed by atoms with E-state index in [2.05, 4.69) is 98.8 Å². The minimum atomic E-state index is -0.141. The molecular formula is C29H24N2. The molecule has 1 aliphatic carbocycles. The topological polar surface area (TPSA) is 25.8 Å². The van der Waals surface area contributed by atoms with Crippen molar-refractivity contribution in [1.29, 1.82) is 0 Å². The Labute approximate surface area is 183 Å². The SMILES string of the molecule is CC1(C)c2cc(/C=C/c3ccccc3)cnc2-c2ncc(/C=C/c3ccccc3)cc21. The van der Waals surface area contributed by atoms with Gasteiger partial charge in [0.15, 0.2) is 0 Å². The van der Waals surface area contributed by atoms with Crippen LogP contribution in [0.1, 0.15) is 47.2 Å². The molecule has 2 nitrogen and oxygen atoms in total. The normalized spacial score (nSPS) is 14.1. The van der Waals surface area contributed by atoms with E-state index >= 15 is 0 Å². The number of aromatic nitrogens is 2. The molecule has 0 fully saturated rings. The summed E-state index contributed by atoms with van der Waals surface area (Å²) in [6.07, 6.45) is 12.4. The molecule has 2 heterocycles. The lowest BCUT2D eigenvalue weighted by atomic mass is 9.82. The van der Waals surface area contributed by atoms with Gasteiger partial charge in [0.2, 0.25) is 0 Å². The quantitative estimate of drug-likeness (QED) is 0.364. The van der Waals surface area contributed by atoms with Gasteiger partial charge in [-0.2, -0.15) is 0 Å². The zero-order chi connectivity index (χ0) is 21.3. The van der Waals surface area contributed by atoms with Crippen LogP contribution in [0.25, 0.3) is 35.7 Å². The molecule has 0 N–H and O–H groups in total. The highest BCUT2D eigenvalue weighted by Crippen LogP contribution is 2.47. The van der Waals surface area contributed by atoms with Crippen molar-refractivity contribution >= 4 is 24.3 Å². The van der Waals surface area contributed by atoms with Gasteiger partial charge < -0.3 is 0 Å². The van der Waals surface area contributed by atoms with Gasteiger partial charge in [-0.25, -0.2) is 0 Å². The molecule has 1 aliphatic rings. The molecule has 150 valence electrons. The van der Waals surface area contributed by atoms with Crippen LogP contribution >= 0.6 is 0 Å². The predicted octanol–water partition coefficient (Wildman–Crippen LogP) is 7.12. The Bertz CT molecular complexity index is 1180.